The van der Waals surface area contributed by atoms with Crippen LogP contribution in [-0.2, 0) is 0 Å². The quantitative estimate of drug-likeness (QED) is 0.752. The number of pyridine rings is 1. The van der Waals surface area contributed by atoms with Gasteiger partial charge >= 0.3 is 0 Å². The molecule has 146 valence electrons. The summed E-state index contributed by atoms with van der Waals surface area (Å²) in [5, 5.41) is 3.32. The zero-order valence-electron chi connectivity index (χ0n) is 16.0. The van der Waals surface area contributed by atoms with Gasteiger partial charge in [-0.1, -0.05) is 0 Å². The Balaban J connectivity index is 1.67. The minimum atomic E-state index is -0.484. The molecule has 2 aromatic heterocycles. The van der Waals surface area contributed by atoms with E-state index in [0.29, 0.717) is 22.9 Å². The lowest BCUT2D eigenvalue weighted by Crippen LogP contribution is -2.41. The number of rotatable bonds is 4. The van der Waals surface area contributed by atoms with Crippen molar-refractivity contribution in [2.24, 2.45) is 0 Å². The molecule has 0 saturated carbocycles. The van der Waals surface area contributed by atoms with Gasteiger partial charge in [0.25, 0.3) is 5.56 Å². The van der Waals surface area contributed by atoms with Crippen molar-refractivity contribution >= 4 is 11.3 Å². The molecule has 4 rings (SSSR count). The summed E-state index contributed by atoms with van der Waals surface area (Å²) < 4.78 is 20.5. The summed E-state index contributed by atoms with van der Waals surface area (Å²) in [4.78, 5) is 19.5. The molecule has 1 aromatic carbocycles. The van der Waals surface area contributed by atoms with E-state index in [1.165, 1.54) is 25.3 Å². The number of hydrogen-bond donors (Lipinski definition) is 1. The largest absolute Gasteiger partial charge is 0.494 e. The number of halogens is 1. The molecule has 0 atom stereocenters. The first kappa shape index (κ1) is 18.4. The van der Waals surface area contributed by atoms with E-state index in [2.05, 4.69) is 15.2 Å². The molecule has 1 N–H and O–H groups in total. The highest BCUT2D eigenvalue weighted by Gasteiger charge is 2.18. The number of fused-ring (bicyclic) bond motifs is 1. The normalized spacial score (nSPS) is 15.2. The molecule has 1 fully saturated rings. The predicted molar refractivity (Wildman–Crippen MR) is 108 cm³/mol. The van der Waals surface area contributed by atoms with E-state index in [0.717, 1.165) is 31.6 Å². The van der Waals surface area contributed by atoms with E-state index < -0.39 is 5.82 Å². The fourth-order valence-electron chi connectivity index (χ4n) is 3.68. The van der Waals surface area contributed by atoms with Crippen molar-refractivity contribution in [1.82, 2.24) is 14.7 Å². The van der Waals surface area contributed by atoms with Crippen LogP contribution in [-0.4, -0.2) is 42.7 Å². The van der Waals surface area contributed by atoms with Crippen LogP contribution < -0.4 is 20.5 Å². The first-order valence-corrected chi connectivity index (χ1v) is 9.38. The summed E-state index contributed by atoms with van der Waals surface area (Å²) in [5.41, 5.74) is 2.33. The maximum absolute atomic E-state index is 14.0. The number of anilines is 1. The third kappa shape index (κ3) is 3.45. The Hall–Kier alpha value is -2.93. The van der Waals surface area contributed by atoms with Crippen LogP contribution in [0.1, 0.15) is 12.8 Å². The predicted octanol–water partition coefficient (Wildman–Crippen LogP) is 2.70. The zero-order chi connectivity index (χ0) is 19.7. The van der Waals surface area contributed by atoms with Crippen LogP contribution in [0.5, 0.6) is 5.75 Å². The number of aromatic nitrogens is 2. The van der Waals surface area contributed by atoms with Crippen LogP contribution in [0, 0.1) is 5.82 Å². The molecule has 0 aliphatic carbocycles. The van der Waals surface area contributed by atoms with Gasteiger partial charge in [-0.15, -0.1) is 0 Å². The SMILES string of the molecule is CNC1CCN(c2ccc3nc(-c4ccc(OC)c(F)c4)cc(=O)n3c2)CC1. The summed E-state index contributed by atoms with van der Waals surface area (Å²) in [6.07, 6.45) is 3.98. The monoisotopic (exact) mass is 382 g/mol. The highest BCUT2D eigenvalue weighted by molar-refractivity contribution is 5.63. The Bertz CT molecular complexity index is 1060. The van der Waals surface area contributed by atoms with Gasteiger partial charge in [0.1, 0.15) is 5.65 Å². The summed E-state index contributed by atoms with van der Waals surface area (Å²) in [6, 6.07) is 10.4. The average Bonchev–Trinajstić information content (AvgIpc) is 2.73. The van der Waals surface area contributed by atoms with E-state index in [1.54, 1.807) is 10.5 Å². The fraction of sp³-hybridized carbons (Fsp3) is 0.333. The molecule has 1 saturated heterocycles. The topological polar surface area (TPSA) is 58.9 Å². The molecule has 6 nitrogen and oxygen atoms in total. The molecule has 0 amide bonds. The average molecular weight is 382 g/mol. The van der Waals surface area contributed by atoms with E-state index in [-0.39, 0.29) is 11.3 Å². The van der Waals surface area contributed by atoms with Gasteiger partial charge < -0.3 is 15.0 Å². The summed E-state index contributed by atoms with van der Waals surface area (Å²) >= 11 is 0. The Kier molecular flexibility index (Phi) is 5.00. The number of hydrogen-bond acceptors (Lipinski definition) is 5. The number of nitrogens with zero attached hydrogens (tertiary/aromatic N) is 3. The van der Waals surface area contributed by atoms with Crippen LogP contribution in [0.25, 0.3) is 16.9 Å². The molecule has 3 heterocycles. The number of methoxy groups -OCH3 is 1. The standard InChI is InChI=1S/C21H23FN4O2/c1-23-15-7-9-25(10-8-15)16-4-6-20-24-18(12-21(27)26(20)13-16)14-3-5-19(28-2)17(22)11-14/h3-6,11-13,15,23H,7-10H2,1-2H3. The van der Waals surface area contributed by atoms with Gasteiger partial charge in [0.2, 0.25) is 0 Å². The number of benzene rings is 1. The molecular formula is C21H23FN4O2. The second kappa shape index (κ2) is 7.59. The molecule has 1 aliphatic heterocycles. The van der Waals surface area contributed by atoms with E-state index in [4.69, 9.17) is 4.74 Å². The number of ether oxygens (including phenoxy) is 1. The number of nitrogens with one attached hydrogen (secondary N) is 1. The fourth-order valence-corrected chi connectivity index (χ4v) is 3.68. The first-order valence-electron chi connectivity index (χ1n) is 9.38. The summed E-state index contributed by atoms with van der Waals surface area (Å²) in [6.45, 7) is 1.89. The van der Waals surface area contributed by atoms with Crippen molar-refractivity contribution in [2.75, 3.05) is 32.1 Å². The molecule has 0 bridgehead atoms. The molecule has 0 radical (unpaired) electrons. The lowest BCUT2D eigenvalue weighted by Gasteiger charge is -2.33. The van der Waals surface area contributed by atoms with Crippen molar-refractivity contribution in [3.8, 4) is 17.0 Å². The Labute approximate surface area is 162 Å². The zero-order valence-corrected chi connectivity index (χ0v) is 16.0. The minimum absolute atomic E-state index is 0.160. The van der Waals surface area contributed by atoms with Crippen molar-refractivity contribution in [3.63, 3.8) is 0 Å². The maximum Gasteiger partial charge on any atom is 0.258 e. The van der Waals surface area contributed by atoms with Gasteiger partial charge in [-0.3, -0.25) is 9.20 Å². The van der Waals surface area contributed by atoms with Crippen LogP contribution in [0.15, 0.2) is 47.4 Å². The lowest BCUT2D eigenvalue weighted by atomic mass is 10.1. The van der Waals surface area contributed by atoms with Crippen molar-refractivity contribution < 1.29 is 9.13 Å². The second-order valence-corrected chi connectivity index (χ2v) is 6.99. The van der Waals surface area contributed by atoms with Gasteiger partial charge in [0, 0.05) is 37.0 Å². The van der Waals surface area contributed by atoms with Gasteiger partial charge in [-0.25, -0.2) is 9.37 Å². The van der Waals surface area contributed by atoms with Gasteiger partial charge in [-0.2, -0.15) is 0 Å². The molecule has 1 aliphatic rings. The molecule has 0 unspecified atom stereocenters. The summed E-state index contributed by atoms with van der Waals surface area (Å²) in [7, 11) is 3.41. The molecule has 0 spiro atoms. The number of piperidine rings is 1. The smallest absolute Gasteiger partial charge is 0.258 e. The highest BCUT2D eigenvalue weighted by Crippen LogP contribution is 2.25. The van der Waals surface area contributed by atoms with Gasteiger partial charge in [0.15, 0.2) is 11.6 Å². The van der Waals surface area contributed by atoms with E-state index in [9.17, 15) is 9.18 Å². The highest BCUT2D eigenvalue weighted by atomic mass is 19.1. The Morgan fingerprint density at radius 1 is 1.18 bits per heavy atom. The third-order valence-corrected chi connectivity index (χ3v) is 5.36. The second-order valence-electron chi connectivity index (χ2n) is 6.99. The molecule has 3 aromatic rings. The molecule has 7 heteroatoms. The molecule has 28 heavy (non-hydrogen) atoms. The van der Waals surface area contributed by atoms with Crippen LogP contribution >= 0.6 is 0 Å². The van der Waals surface area contributed by atoms with Crippen LogP contribution in [0.4, 0.5) is 10.1 Å². The Morgan fingerprint density at radius 2 is 1.96 bits per heavy atom. The van der Waals surface area contributed by atoms with Crippen molar-refractivity contribution in [3.05, 3.63) is 58.8 Å². The third-order valence-electron chi connectivity index (χ3n) is 5.36. The van der Waals surface area contributed by atoms with Crippen molar-refractivity contribution in [1.29, 1.82) is 0 Å². The van der Waals surface area contributed by atoms with Gasteiger partial charge in [0.05, 0.1) is 18.5 Å². The van der Waals surface area contributed by atoms with Crippen LogP contribution in [0.2, 0.25) is 0 Å². The van der Waals surface area contributed by atoms with Crippen LogP contribution in [0.3, 0.4) is 0 Å². The van der Waals surface area contributed by atoms with Crippen molar-refractivity contribution in [2.45, 2.75) is 18.9 Å². The van der Waals surface area contributed by atoms with E-state index >= 15 is 0 Å². The summed E-state index contributed by atoms with van der Waals surface area (Å²) in [5.74, 6) is -0.324. The maximum atomic E-state index is 14.0. The molecular weight excluding hydrogens is 359 g/mol. The lowest BCUT2D eigenvalue weighted by molar-refractivity contribution is 0.386. The first-order chi connectivity index (χ1) is 13.6. The Morgan fingerprint density at radius 3 is 2.64 bits per heavy atom. The van der Waals surface area contributed by atoms with E-state index in [1.807, 2.05) is 25.4 Å². The van der Waals surface area contributed by atoms with Gasteiger partial charge in [-0.05, 0) is 50.2 Å². The minimum Gasteiger partial charge on any atom is -0.494 e.